The molecule has 1 amide bonds. The van der Waals surface area contributed by atoms with E-state index in [1.165, 1.54) is 6.07 Å². The van der Waals surface area contributed by atoms with Crippen molar-refractivity contribution in [1.82, 2.24) is 9.80 Å². The van der Waals surface area contributed by atoms with Crippen molar-refractivity contribution in [3.8, 4) is 0 Å². The Morgan fingerprint density at radius 1 is 1.03 bits per heavy atom. The molecule has 1 aliphatic rings. The number of hydrogen-bond acceptors (Lipinski definition) is 5. The number of rotatable bonds is 5. The van der Waals surface area contributed by atoms with Crippen LogP contribution in [-0.2, 0) is 16.1 Å². The number of carbonyl (C=O) groups excluding carboxylic acids is 2. The predicted molar refractivity (Wildman–Crippen MR) is 92.4 cm³/mol. The van der Waals surface area contributed by atoms with Gasteiger partial charge in [-0.1, -0.05) is 17.7 Å². The van der Waals surface area contributed by atoms with Crippen LogP contribution >= 0.6 is 0 Å². The van der Waals surface area contributed by atoms with Crippen molar-refractivity contribution in [2.24, 2.45) is 0 Å². The molecule has 0 bridgehead atoms. The number of aliphatic carboxylic acids is 1. The average Bonchev–Trinajstić information content (AvgIpc) is 2.65. The number of benzene rings is 1. The summed E-state index contributed by atoms with van der Waals surface area (Å²) in [4.78, 5) is 37.1. The van der Waals surface area contributed by atoms with Crippen molar-refractivity contribution >= 4 is 17.8 Å². The Kier molecular flexibility index (Phi) is 7.19. The Hall–Kier alpha value is -2.83. The van der Waals surface area contributed by atoms with Crippen LogP contribution in [0.5, 0.6) is 0 Å². The Balaban J connectivity index is 2.02. The first-order valence-electron chi connectivity index (χ1n) is 8.88. The van der Waals surface area contributed by atoms with E-state index in [0.29, 0.717) is 11.1 Å². The molecule has 172 valence electrons. The number of piperazine rings is 1. The minimum atomic E-state index is -5.80. The molecule has 13 heteroatoms. The summed E-state index contributed by atoms with van der Waals surface area (Å²) < 4.78 is 78.9. The summed E-state index contributed by atoms with van der Waals surface area (Å²) >= 11 is 0. The average molecular weight is 456 g/mol. The van der Waals surface area contributed by atoms with Crippen LogP contribution in [0, 0.1) is 6.92 Å². The van der Waals surface area contributed by atoms with Crippen molar-refractivity contribution < 1.29 is 50.6 Å². The lowest BCUT2D eigenvalue weighted by atomic mass is 10.00. The second-order valence-corrected chi connectivity index (χ2v) is 6.91. The van der Waals surface area contributed by atoms with Gasteiger partial charge in [0.2, 0.25) is 0 Å². The minimum absolute atomic E-state index is 0.0208. The van der Waals surface area contributed by atoms with Gasteiger partial charge in [0.15, 0.2) is 0 Å². The van der Waals surface area contributed by atoms with E-state index < -0.39 is 36.3 Å². The highest BCUT2D eigenvalue weighted by molar-refractivity contribution is 6.40. The molecule has 1 fully saturated rings. The van der Waals surface area contributed by atoms with Crippen molar-refractivity contribution in [2.45, 2.75) is 31.9 Å². The van der Waals surface area contributed by atoms with Crippen LogP contribution in [-0.4, -0.2) is 77.4 Å². The molecule has 0 unspecified atom stereocenters. The predicted octanol–water partition coefficient (Wildman–Crippen LogP) is 3.01. The quantitative estimate of drug-likeness (QED) is 0.417. The molecule has 0 atom stereocenters. The summed E-state index contributed by atoms with van der Waals surface area (Å²) in [5.41, 5.74) is 1.03. The number of halogens is 6. The van der Waals surface area contributed by atoms with Gasteiger partial charge in [-0.2, -0.15) is 26.3 Å². The molecular weight excluding hydrogens is 438 g/mol. The number of ether oxygens (including phenoxy) is 1. The van der Waals surface area contributed by atoms with Crippen LogP contribution in [0.3, 0.4) is 0 Å². The van der Waals surface area contributed by atoms with E-state index in [0.717, 1.165) is 4.90 Å². The smallest absolute Gasteiger partial charge is 0.434 e. The first kappa shape index (κ1) is 24.4. The normalized spacial score (nSPS) is 15.8. The van der Waals surface area contributed by atoms with Gasteiger partial charge in [0.05, 0.1) is 0 Å². The number of alkyl halides is 6. The molecule has 1 aromatic carbocycles. The van der Waals surface area contributed by atoms with Gasteiger partial charge < -0.3 is 14.7 Å². The van der Waals surface area contributed by atoms with Gasteiger partial charge in [0.25, 0.3) is 11.9 Å². The molecule has 1 heterocycles. The number of ketones is 1. The maximum absolute atomic E-state index is 12.5. The Morgan fingerprint density at radius 2 is 1.58 bits per heavy atom. The van der Waals surface area contributed by atoms with Gasteiger partial charge in [-0.25, -0.2) is 9.59 Å². The van der Waals surface area contributed by atoms with Gasteiger partial charge in [0.1, 0.15) is 0 Å². The second kappa shape index (κ2) is 9.12. The molecule has 0 saturated carbocycles. The van der Waals surface area contributed by atoms with E-state index >= 15 is 0 Å². The lowest BCUT2D eigenvalue weighted by Gasteiger charge is -2.35. The van der Waals surface area contributed by atoms with Crippen molar-refractivity contribution in [3.63, 3.8) is 0 Å². The third kappa shape index (κ3) is 6.32. The zero-order valence-corrected chi connectivity index (χ0v) is 16.1. The molecule has 0 aromatic heterocycles. The van der Waals surface area contributed by atoms with Gasteiger partial charge in [-0.3, -0.25) is 9.69 Å². The Labute approximate surface area is 172 Å². The van der Waals surface area contributed by atoms with Gasteiger partial charge in [-0.15, -0.1) is 0 Å². The standard InChI is InChI=1S/C18H18F6N2O5/c1-10-2-3-11(12(8-10)13(27)14(28)29)9-25-4-6-26(7-5-25)16(30)31-15(17(19,20)21)18(22,23)24/h2-3,8,15H,4-7,9H2,1H3,(H,28,29). The third-order valence-corrected chi connectivity index (χ3v) is 4.54. The second-order valence-electron chi connectivity index (χ2n) is 6.91. The maximum atomic E-state index is 12.5. The molecule has 31 heavy (non-hydrogen) atoms. The van der Waals surface area contributed by atoms with Crippen molar-refractivity contribution in [2.75, 3.05) is 26.2 Å². The molecular formula is C18H18F6N2O5. The van der Waals surface area contributed by atoms with E-state index in [2.05, 4.69) is 4.74 Å². The highest BCUT2D eigenvalue weighted by atomic mass is 19.4. The van der Waals surface area contributed by atoms with Crippen molar-refractivity contribution in [3.05, 3.63) is 34.9 Å². The van der Waals surface area contributed by atoms with Gasteiger partial charge in [0, 0.05) is 38.3 Å². The number of Topliss-reactive ketones (excluding diaryl/α,β-unsaturated/α-hetero) is 1. The Morgan fingerprint density at radius 3 is 2.06 bits per heavy atom. The summed E-state index contributed by atoms with van der Waals surface area (Å²) in [6, 6.07) is 4.63. The van der Waals surface area contributed by atoms with Gasteiger partial charge in [-0.05, 0) is 18.6 Å². The molecule has 0 aliphatic carbocycles. The summed E-state index contributed by atoms with van der Waals surface area (Å²) in [6.07, 6.45) is -17.6. The first-order valence-corrected chi connectivity index (χ1v) is 8.88. The zero-order chi connectivity index (χ0) is 23.6. The number of nitrogens with zero attached hydrogens (tertiary/aromatic N) is 2. The van der Waals surface area contributed by atoms with Gasteiger partial charge >= 0.3 is 24.4 Å². The monoisotopic (exact) mass is 456 g/mol. The van der Waals surface area contributed by atoms with Crippen LogP contribution in [0.15, 0.2) is 18.2 Å². The molecule has 1 saturated heterocycles. The number of carboxylic acid groups (broad SMARTS) is 1. The van der Waals surface area contributed by atoms with Crippen molar-refractivity contribution in [1.29, 1.82) is 0 Å². The number of hydrogen-bond donors (Lipinski definition) is 1. The Bertz CT molecular complexity index is 833. The van der Waals surface area contributed by atoms with Crippen LogP contribution in [0.1, 0.15) is 21.5 Å². The van der Waals surface area contributed by atoms with Crippen LogP contribution in [0.2, 0.25) is 0 Å². The fourth-order valence-corrected chi connectivity index (χ4v) is 2.98. The van der Waals surface area contributed by atoms with E-state index in [4.69, 9.17) is 5.11 Å². The fourth-order valence-electron chi connectivity index (χ4n) is 2.98. The molecule has 0 radical (unpaired) electrons. The molecule has 2 rings (SSSR count). The fraction of sp³-hybridized carbons (Fsp3) is 0.500. The van der Waals surface area contributed by atoms with Crippen LogP contribution in [0.4, 0.5) is 31.1 Å². The molecule has 1 N–H and O–H groups in total. The third-order valence-electron chi connectivity index (χ3n) is 4.54. The van der Waals surface area contributed by atoms with E-state index in [9.17, 15) is 40.7 Å². The largest absolute Gasteiger partial charge is 0.475 e. The number of carboxylic acids is 1. The number of carbonyl (C=O) groups is 3. The lowest BCUT2D eigenvalue weighted by Crippen LogP contribution is -2.52. The summed E-state index contributed by atoms with van der Waals surface area (Å²) in [5.74, 6) is -2.74. The highest BCUT2D eigenvalue weighted by Crippen LogP contribution is 2.36. The molecule has 7 nitrogen and oxygen atoms in total. The van der Waals surface area contributed by atoms with Crippen LogP contribution in [0.25, 0.3) is 0 Å². The molecule has 1 aliphatic heterocycles. The maximum Gasteiger partial charge on any atom is 0.434 e. The summed E-state index contributed by atoms with van der Waals surface area (Å²) in [7, 11) is 0. The summed E-state index contributed by atoms with van der Waals surface area (Å²) in [6.45, 7) is 1.47. The first-order chi connectivity index (χ1) is 14.2. The van der Waals surface area contributed by atoms with Crippen LogP contribution < -0.4 is 0 Å². The number of amides is 1. The molecule has 0 spiro atoms. The van der Waals surface area contributed by atoms with E-state index in [1.54, 1.807) is 24.0 Å². The minimum Gasteiger partial charge on any atom is -0.475 e. The molecule has 1 aromatic rings. The lowest BCUT2D eigenvalue weighted by molar-refractivity contribution is -0.308. The van der Waals surface area contributed by atoms with E-state index in [-0.39, 0.29) is 38.3 Å². The SMILES string of the molecule is Cc1ccc(CN2CCN(C(=O)OC(C(F)(F)F)C(F)(F)F)CC2)c(C(=O)C(=O)O)c1. The highest BCUT2D eigenvalue weighted by Gasteiger charge is 2.60. The zero-order valence-electron chi connectivity index (χ0n) is 16.1. The van der Waals surface area contributed by atoms with E-state index in [1.807, 2.05) is 0 Å². The topological polar surface area (TPSA) is 87.2 Å². The summed E-state index contributed by atoms with van der Waals surface area (Å²) in [5, 5.41) is 8.96. The number of aryl methyl sites for hydroxylation is 1.